The third-order valence-electron chi connectivity index (χ3n) is 4.97. The van der Waals surface area contributed by atoms with Crippen molar-refractivity contribution in [3.8, 4) is 0 Å². The van der Waals surface area contributed by atoms with Crippen LogP contribution < -0.4 is 0 Å². The third kappa shape index (κ3) is 4.48. The molecule has 0 bridgehead atoms. The van der Waals surface area contributed by atoms with Crippen molar-refractivity contribution in [1.82, 2.24) is 24.7 Å². The second-order valence-corrected chi connectivity index (χ2v) is 6.75. The zero-order valence-corrected chi connectivity index (χ0v) is 14.0. The van der Waals surface area contributed by atoms with Crippen molar-refractivity contribution in [2.75, 3.05) is 52.9 Å². The van der Waals surface area contributed by atoms with Gasteiger partial charge in [0.1, 0.15) is 6.33 Å². The van der Waals surface area contributed by atoms with E-state index in [9.17, 15) is 4.79 Å². The molecule has 1 amide bonds. The molecule has 2 saturated heterocycles. The average molecular weight is 317 g/mol. The van der Waals surface area contributed by atoms with Crippen molar-refractivity contribution in [3.05, 3.63) is 24.3 Å². The van der Waals surface area contributed by atoms with Crippen molar-refractivity contribution in [1.29, 1.82) is 0 Å². The first-order chi connectivity index (χ1) is 11.2. The minimum atomic E-state index is 0.272. The summed E-state index contributed by atoms with van der Waals surface area (Å²) < 4.78 is 0. The topological polar surface area (TPSA) is 52.6 Å². The number of amides is 1. The van der Waals surface area contributed by atoms with Gasteiger partial charge >= 0.3 is 0 Å². The van der Waals surface area contributed by atoms with E-state index in [1.807, 2.05) is 11.0 Å². The van der Waals surface area contributed by atoms with Crippen LogP contribution in [0.5, 0.6) is 0 Å². The van der Waals surface area contributed by atoms with Gasteiger partial charge in [-0.25, -0.2) is 9.97 Å². The molecule has 126 valence electrons. The number of hydrogen-bond donors (Lipinski definition) is 0. The fraction of sp³-hybridized carbons (Fsp3) is 0.706. The predicted molar refractivity (Wildman–Crippen MR) is 89.1 cm³/mol. The standard InChI is InChI=1S/C17H27N5O/c1-20-7-3-8-21(11-10-20)13-17(23)22-9-2-4-15(12-22)16-5-6-18-14-19-16/h5-6,14-15H,2-4,7-13H2,1H3/t15-/m0/s1. The molecule has 1 aromatic rings. The van der Waals surface area contributed by atoms with Crippen molar-refractivity contribution in [3.63, 3.8) is 0 Å². The monoisotopic (exact) mass is 317 g/mol. The van der Waals surface area contributed by atoms with E-state index >= 15 is 0 Å². The number of piperidine rings is 1. The predicted octanol–water partition coefficient (Wildman–Crippen LogP) is 0.820. The molecule has 2 aliphatic rings. The van der Waals surface area contributed by atoms with Crippen LogP contribution in [0, 0.1) is 0 Å². The number of aromatic nitrogens is 2. The van der Waals surface area contributed by atoms with Gasteiger partial charge in [-0.05, 0) is 45.5 Å². The Kier molecular flexibility index (Phi) is 5.56. The molecular weight excluding hydrogens is 290 g/mol. The number of carbonyl (C=O) groups excluding carboxylic acids is 1. The summed E-state index contributed by atoms with van der Waals surface area (Å²) in [5, 5.41) is 0. The Morgan fingerprint density at radius 2 is 2.13 bits per heavy atom. The molecule has 2 aliphatic heterocycles. The van der Waals surface area contributed by atoms with Gasteiger partial charge in [-0.15, -0.1) is 0 Å². The molecule has 1 aromatic heterocycles. The summed E-state index contributed by atoms with van der Waals surface area (Å²) in [6.07, 6.45) is 6.70. The van der Waals surface area contributed by atoms with Crippen LogP contribution in [0.1, 0.15) is 30.9 Å². The first-order valence-electron chi connectivity index (χ1n) is 8.67. The second kappa shape index (κ2) is 7.84. The fourth-order valence-corrected chi connectivity index (χ4v) is 3.54. The Morgan fingerprint density at radius 3 is 2.96 bits per heavy atom. The highest BCUT2D eigenvalue weighted by Gasteiger charge is 2.26. The molecule has 2 fully saturated rings. The Labute approximate surface area is 138 Å². The number of likely N-dealkylation sites (tertiary alicyclic amines) is 1. The first kappa shape index (κ1) is 16.3. The number of rotatable bonds is 3. The van der Waals surface area contributed by atoms with Crippen LogP contribution >= 0.6 is 0 Å². The Balaban J connectivity index is 1.54. The Morgan fingerprint density at radius 1 is 1.22 bits per heavy atom. The van der Waals surface area contributed by atoms with E-state index in [4.69, 9.17) is 0 Å². The lowest BCUT2D eigenvalue weighted by molar-refractivity contribution is -0.133. The summed E-state index contributed by atoms with van der Waals surface area (Å²) in [5.74, 6) is 0.624. The molecule has 0 N–H and O–H groups in total. The molecule has 0 aliphatic carbocycles. The zero-order valence-electron chi connectivity index (χ0n) is 14.0. The fourth-order valence-electron chi connectivity index (χ4n) is 3.54. The van der Waals surface area contributed by atoms with E-state index in [0.717, 1.165) is 64.2 Å². The molecule has 6 nitrogen and oxygen atoms in total. The average Bonchev–Trinajstić information content (AvgIpc) is 2.80. The molecule has 23 heavy (non-hydrogen) atoms. The van der Waals surface area contributed by atoms with Crippen molar-refractivity contribution < 1.29 is 4.79 Å². The molecule has 0 aromatic carbocycles. The normalized spacial score (nSPS) is 24.4. The minimum absolute atomic E-state index is 0.272. The smallest absolute Gasteiger partial charge is 0.236 e. The summed E-state index contributed by atoms with van der Waals surface area (Å²) in [6, 6.07) is 1.98. The third-order valence-corrected chi connectivity index (χ3v) is 4.97. The summed E-state index contributed by atoms with van der Waals surface area (Å²) in [6.45, 7) is 6.44. The summed E-state index contributed by atoms with van der Waals surface area (Å²) in [4.78, 5) is 27.7. The summed E-state index contributed by atoms with van der Waals surface area (Å²) in [7, 11) is 2.16. The van der Waals surface area contributed by atoms with E-state index in [2.05, 4.69) is 26.8 Å². The molecule has 1 atom stereocenters. The summed E-state index contributed by atoms with van der Waals surface area (Å²) >= 11 is 0. The van der Waals surface area contributed by atoms with Gasteiger partial charge in [-0.2, -0.15) is 0 Å². The minimum Gasteiger partial charge on any atom is -0.341 e. The quantitative estimate of drug-likeness (QED) is 0.826. The van der Waals surface area contributed by atoms with Crippen molar-refractivity contribution in [2.24, 2.45) is 0 Å². The lowest BCUT2D eigenvalue weighted by Gasteiger charge is -2.34. The van der Waals surface area contributed by atoms with Crippen LogP contribution in [0.2, 0.25) is 0 Å². The molecule has 3 rings (SSSR count). The largest absolute Gasteiger partial charge is 0.341 e. The van der Waals surface area contributed by atoms with Crippen LogP contribution in [0.4, 0.5) is 0 Å². The summed E-state index contributed by atoms with van der Waals surface area (Å²) in [5.41, 5.74) is 1.06. The van der Waals surface area contributed by atoms with E-state index in [-0.39, 0.29) is 5.91 Å². The molecule has 0 saturated carbocycles. The van der Waals surface area contributed by atoms with Gasteiger partial charge in [0.15, 0.2) is 0 Å². The number of hydrogen-bond acceptors (Lipinski definition) is 5. The highest BCUT2D eigenvalue weighted by atomic mass is 16.2. The zero-order chi connectivity index (χ0) is 16.1. The number of carbonyl (C=O) groups is 1. The molecule has 3 heterocycles. The van der Waals surface area contributed by atoms with Gasteiger partial charge in [-0.1, -0.05) is 0 Å². The van der Waals surface area contributed by atoms with E-state index < -0.39 is 0 Å². The van der Waals surface area contributed by atoms with Gasteiger partial charge in [-0.3, -0.25) is 9.69 Å². The maximum absolute atomic E-state index is 12.7. The Hall–Kier alpha value is -1.53. The van der Waals surface area contributed by atoms with Crippen LogP contribution in [-0.4, -0.2) is 83.4 Å². The molecule has 0 unspecified atom stereocenters. The van der Waals surface area contributed by atoms with Crippen LogP contribution in [0.25, 0.3) is 0 Å². The van der Waals surface area contributed by atoms with E-state index in [1.165, 1.54) is 0 Å². The number of nitrogens with zero attached hydrogens (tertiary/aromatic N) is 5. The van der Waals surface area contributed by atoms with Gasteiger partial charge in [0.2, 0.25) is 5.91 Å². The Bertz CT molecular complexity index is 509. The van der Waals surface area contributed by atoms with Crippen LogP contribution in [-0.2, 0) is 4.79 Å². The maximum atomic E-state index is 12.7. The van der Waals surface area contributed by atoms with Crippen LogP contribution in [0.3, 0.4) is 0 Å². The molecule has 0 radical (unpaired) electrons. The number of likely N-dealkylation sites (N-methyl/N-ethyl adjacent to an activating group) is 1. The second-order valence-electron chi connectivity index (χ2n) is 6.75. The molecule has 0 spiro atoms. The van der Waals surface area contributed by atoms with Crippen LogP contribution in [0.15, 0.2) is 18.6 Å². The van der Waals surface area contributed by atoms with Crippen molar-refractivity contribution in [2.45, 2.75) is 25.2 Å². The SMILES string of the molecule is CN1CCCN(CC(=O)N2CCC[C@H](c3ccncn3)C2)CC1. The molecular formula is C17H27N5O. The van der Waals surface area contributed by atoms with Crippen molar-refractivity contribution >= 4 is 5.91 Å². The maximum Gasteiger partial charge on any atom is 0.236 e. The van der Waals surface area contributed by atoms with E-state index in [0.29, 0.717) is 12.5 Å². The lowest BCUT2D eigenvalue weighted by Crippen LogP contribution is -2.45. The highest BCUT2D eigenvalue weighted by molar-refractivity contribution is 5.78. The van der Waals surface area contributed by atoms with Gasteiger partial charge < -0.3 is 9.80 Å². The lowest BCUT2D eigenvalue weighted by atomic mass is 9.94. The van der Waals surface area contributed by atoms with Gasteiger partial charge in [0.05, 0.1) is 6.54 Å². The first-order valence-corrected chi connectivity index (χ1v) is 8.67. The van der Waals surface area contributed by atoms with E-state index in [1.54, 1.807) is 12.5 Å². The highest BCUT2D eigenvalue weighted by Crippen LogP contribution is 2.25. The van der Waals surface area contributed by atoms with Gasteiger partial charge in [0, 0.05) is 44.0 Å². The molecule has 6 heteroatoms. The van der Waals surface area contributed by atoms with Gasteiger partial charge in [0.25, 0.3) is 0 Å².